The number of para-hydroxylation sites is 1. The molecule has 2 aromatic carbocycles. The van der Waals surface area contributed by atoms with Crippen LogP contribution < -0.4 is 0 Å². The highest BCUT2D eigenvalue weighted by molar-refractivity contribution is 8.00. The average molecular weight is 425 g/mol. The van der Waals surface area contributed by atoms with Crippen molar-refractivity contribution < 1.29 is 14.0 Å². The van der Waals surface area contributed by atoms with Gasteiger partial charge in [0.1, 0.15) is 11.6 Å². The molecule has 1 fully saturated rings. The number of aromatic nitrogens is 3. The SMILES string of the molecule is Cc1nnc(S[C@H]2CCCCN(C(=O)c3ccc(F)cc3)C2=O)n1-c1ccccc1. The minimum atomic E-state index is -0.442. The second kappa shape index (κ2) is 8.79. The Kier molecular flexibility index (Phi) is 5.94. The van der Waals surface area contributed by atoms with E-state index < -0.39 is 17.0 Å². The zero-order valence-corrected chi connectivity index (χ0v) is 17.3. The second-order valence-electron chi connectivity index (χ2n) is 7.10. The standard InChI is InChI=1S/C22H21FN4O2S/c1-15-24-25-22(27(15)18-7-3-2-4-8-18)30-19-9-5-6-14-26(21(19)29)20(28)16-10-12-17(23)13-11-16/h2-4,7-8,10-13,19H,5-6,9,14H2,1H3/t19-/m0/s1. The van der Waals surface area contributed by atoms with Crippen molar-refractivity contribution in [3.63, 3.8) is 0 Å². The number of nitrogens with zero attached hydrogens (tertiary/aromatic N) is 4. The summed E-state index contributed by atoms with van der Waals surface area (Å²) in [6, 6.07) is 15.0. The van der Waals surface area contributed by atoms with Crippen molar-refractivity contribution >= 4 is 23.6 Å². The molecule has 1 saturated heterocycles. The Balaban J connectivity index is 1.59. The highest BCUT2D eigenvalue weighted by Gasteiger charge is 2.33. The lowest BCUT2D eigenvalue weighted by molar-refractivity contribution is -0.127. The number of amides is 2. The van der Waals surface area contributed by atoms with Crippen LogP contribution in [0.25, 0.3) is 5.69 Å². The van der Waals surface area contributed by atoms with Crippen LogP contribution in [0, 0.1) is 12.7 Å². The van der Waals surface area contributed by atoms with Crippen LogP contribution in [0.3, 0.4) is 0 Å². The molecule has 0 bridgehead atoms. The molecule has 0 unspecified atom stereocenters. The number of hydrogen-bond acceptors (Lipinski definition) is 5. The van der Waals surface area contributed by atoms with Crippen LogP contribution in [-0.4, -0.2) is 43.3 Å². The molecule has 8 heteroatoms. The van der Waals surface area contributed by atoms with Crippen LogP contribution in [0.2, 0.25) is 0 Å². The Morgan fingerprint density at radius 2 is 1.80 bits per heavy atom. The fourth-order valence-electron chi connectivity index (χ4n) is 3.49. The smallest absolute Gasteiger partial charge is 0.260 e. The lowest BCUT2D eigenvalue weighted by Gasteiger charge is -2.22. The highest BCUT2D eigenvalue weighted by atomic mass is 32.2. The van der Waals surface area contributed by atoms with E-state index in [-0.39, 0.29) is 5.91 Å². The van der Waals surface area contributed by atoms with Gasteiger partial charge in [-0.15, -0.1) is 10.2 Å². The zero-order chi connectivity index (χ0) is 21.1. The maximum atomic E-state index is 13.2. The summed E-state index contributed by atoms with van der Waals surface area (Å²) in [5.74, 6) is -0.331. The first kappa shape index (κ1) is 20.3. The van der Waals surface area contributed by atoms with Crippen LogP contribution in [0.1, 0.15) is 35.4 Å². The zero-order valence-electron chi connectivity index (χ0n) is 16.5. The molecule has 0 radical (unpaired) electrons. The number of likely N-dealkylation sites (tertiary alicyclic amines) is 1. The molecule has 6 nitrogen and oxygen atoms in total. The molecule has 2 amide bonds. The number of hydrogen-bond donors (Lipinski definition) is 0. The molecule has 0 aliphatic carbocycles. The Morgan fingerprint density at radius 1 is 1.07 bits per heavy atom. The van der Waals surface area contributed by atoms with Gasteiger partial charge in [0.05, 0.1) is 5.25 Å². The molecule has 1 aliphatic rings. The molecule has 154 valence electrons. The minimum absolute atomic E-state index is 0.243. The molecule has 0 N–H and O–H groups in total. The van der Waals surface area contributed by atoms with Crippen LogP contribution in [0.5, 0.6) is 0 Å². The number of rotatable bonds is 4. The van der Waals surface area contributed by atoms with Crippen molar-refractivity contribution in [2.45, 2.75) is 36.6 Å². The summed E-state index contributed by atoms with van der Waals surface area (Å²) in [4.78, 5) is 27.4. The lowest BCUT2D eigenvalue weighted by Crippen LogP contribution is -2.41. The van der Waals surface area contributed by atoms with Gasteiger partial charge in [-0.3, -0.25) is 19.1 Å². The largest absolute Gasteiger partial charge is 0.278 e. The number of halogens is 1. The first-order valence-corrected chi connectivity index (χ1v) is 10.7. The summed E-state index contributed by atoms with van der Waals surface area (Å²) in [5, 5.41) is 8.63. The molecule has 1 atom stereocenters. The van der Waals surface area contributed by atoms with Crippen molar-refractivity contribution in [2.24, 2.45) is 0 Å². The van der Waals surface area contributed by atoms with E-state index in [4.69, 9.17) is 0 Å². The summed E-state index contributed by atoms with van der Waals surface area (Å²) in [5.41, 5.74) is 1.22. The van der Waals surface area contributed by atoms with Gasteiger partial charge in [0.2, 0.25) is 5.91 Å². The number of aryl methyl sites for hydroxylation is 1. The van der Waals surface area contributed by atoms with Gasteiger partial charge in [-0.1, -0.05) is 36.4 Å². The predicted octanol–water partition coefficient (Wildman–Crippen LogP) is 4.03. The third-order valence-electron chi connectivity index (χ3n) is 5.03. The van der Waals surface area contributed by atoms with E-state index in [1.54, 1.807) is 0 Å². The predicted molar refractivity (Wildman–Crippen MR) is 112 cm³/mol. The van der Waals surface area contributed by atoms with Gasteiger partial charge in [-0.2, -0.15) is 0 Å². The summed E-state index contributed by atoms with van der Waals surface area (Å²) in [6.07, 6.45) is 2.21. The van der Waals surface area contributed by atoms with Crippen LogP contribution in [-0.2, 0) is 4.79 Å². The minimum Gasteiger partial charge on any atom is -0.278 e. The molecular formula is C22H21FN4O2S. The monoisotopic (exact) mass is 424 g/mol. The van der Waals surface area contributed by atoms with Crippen molar-refractivity contribution in [1.29, 1.82) is 0 Å². The van der Waals surface area contributed by atoms with Crippen molar-refractivity contribution in [3.05, 3.63) is 71.8 Å². The second-order valence-corrected chi connectivity index (χ2v) is 8.27. The first-order chi connectivity index (χ1) is 14.5. The molecule has 3 aromatic rings. The number of imide groups is 1. The summed E-state index contributed by atoms with van der Waals surface area (Å²) >= 11 is 1.33. The number of carbonyl (C=O) groups is 2. The maximum absolute atomic E-state index is 13.2. The molecule has 0 saturated carbocycles. The summed E-state index contributed by atoms with van der Waals surface area (Å²) < 4.78 is 15.1. The van der Waals surface area contributed by atoms with E-state index in [1.165, 1.54) is 40.9 Å². The third kappa shape index (κ3) is 4.14. The number of benzene rings is 2. The Hall–Kier alpha value is -3.00. The van der Waals surface area contributed by atoms with Crippen LogP contribution in [0.4, 0.5) is 4.39 Å². The van der Waals surface area contributed by atoms with Gasteiger partial charge < -0.3 is 0 Å². The van der Waals surface area contributed by atoms with E-state index in [1.807, 2.05) is 41.8 Å². The van der Waals surface area contributed by atoms with Gasteiger partial charge in [-0.05, 0) is 56.2 Å². The highest BCUT2D eigenvalue weighted by Crippen LogP contribution is 2.31. The van der Waals surface area contributed by atoms with Crippen molar-refractivity contribution in [3.8, 4) is 5.69 Å². The fraction of sp³-hybridized carbons (Fsp3) is 0.273. The average Bonchev–Trinajstić information content (AvgIpc) is 3.02. The van der Waals surface area contributed by atoms with Gasteiger partial charge in [0, 0.05) is 17.8 Å². The van der Waals surface area contributed by atoms with E-state index >= 15 is 0 Å². The van der Waals surface area contributed by atoms with E-state index in [2.05, 4.69) is 10.2 Å². The van der Waals surface area contributed by atoms with E-state index in [0.717, 1.165) is 24.4 Å². The summed E-state index contributed by atoms with van der Waals surface area (Å²) in [6.45, 7) is 2.22. The van der Waals surface area contributed by atoms with E-state index in [9.17, 15) is 14.0 Å². The van der Waals surface area contributed by atoms with E-state index in [0.29, 0.717) is 23.7 Å². The molecule has 4 rings (SSSR count). The van der Waals surface area contributed by atoms with Gasteiger partial charge in [0.15, 0.2) is 5.16 Å². The third-order valence-corrected chi connectivity index (χ3v) is 6.23. The Morgan fingerprint density at radius 3 is 2.53 bits per heavy atom. The van der Waals surface area contributed by atoms with Crippen molar-refractivity contribution in [2.75, 3.05) is 6.54 Å². The molecular weight excluding hydrogens is 403 g/mol. The van der Waals surface area contributed by atoms with Crippen molar-refractivity contribution in [1.82, 2.24) is 19.7 Å². The first-order valence-electron chi connectivity index (χ1n) is 9.80. The summed E-state index contributed by atoms with van der Waals surface area (Å²) in [7, 11) is 0. The Labute approximate surface area is 178 Å². The van der Waals surface area contributed by atoms with Gasteiger partial charge in [0.25, 0.3) is 5.91 Å². The normalized spacial score (nSPS) is 17.1. The molecule has 30 heavy (non-hydrogen) atoms. The van der Waals surface area contributed by atoms with Gasteiger partial charge in [-0.25, -0.2) is 4.39 Å². The molecule has 1 aliphatic heterocycles. The fourth-order valence-corrected chi connectivity index (χ4v) is 4.69. The quantitative estimate of drug-likeness (QED) is 0.592. The van der Waals surface area contributed by atoms with Gasteiger partial charge >= 0.3 is 0 Å². The number of thioether (sulfide) groups is 1. The maximum Gasteiger partial charge on any atom is 0.260 e. The molecule has 2 heterocycles. The topological polar surface area (TPSA) is 68.1 Å². The molecule has 0 spiro atoms. The van der Waals surface area contributed by atoms with Crippen LogP contribution in [0.15, 0.2) is 59.8 Å². The number of carbonyl (C=O) groups excluding carboxylic acids is 2. The van der Waals surface area contributed by atoms with Crippen LogP contribution >= 0.6 is 11.8 Å². The lowest BCUT2D eigenvalue weighted by atomic mass is 10.2. The Bertz CT molecular complexity index is 1050. The molecule has 1 aromatic heterocycles.